The summed E-state index contributed by atoms with van der Waals surface area (Å²) in [4.78, 5) is 26.8. The van der Waals surface area contributed by atoms with Gasteiger partial charge in [0, 0.05) is 10.6 Å². The second-order valence-corrected chi connectivity index (χ2v) is 9.93. The molecule has 8 heteroatoms. The third kappa shape index (κ3) is 5.39. The maximum Gasteiger partial charge on any atom is 0.293 e. The number of rotatable bonds is 8. The van der Waals surface area contributed by atoms with Gasteiger partial charge in [0.2, 0.25) is 0 Å². The number of hydrogen-bond acceptors (Lipinski definition) is 5. The van der Waals surface area contributed by atoms with Crippen LogP contribution < -0.4 is 9.47 Å². The molecule has 192 valence electrons. The highest BCUT2D eigenvalue weighted by Gasteiger charge is 2.36. The molecule has 0 radical (unpaired) electrons. The zero-order valence-corrected chi connectivity index (χ0v) is 22.0. The number of ether oxygens (including phenoxy) is 2. The predicted octanol–water partition coefficient (Wildman–Crippen LogP) is 7.85. The molecule has 0 atom stereocenters. The van der Waals surface area contributed by atoms with Gasteiger partial charge in [0.25, 0.3) is 11.1 Å². The zero-order valence-electron chi connectivity index (χ0n) is 20.4. The summed E-state index contributed by atoms with van der Waals surface area (Å²) in [5.74, 6) is 0.0209. The lowest BCUT2D eigenvalue weighted by Gasteiger charge is -2.14. The number of thioether (sulfide) groups is 1. The Morgan fingerprint density at radius 1 is 0.947 bits per heavy atom. The van der Waals surface area contributed by atoms with Crippen LogP contribution in [-0.2, 0) is 17.9 Å². The van der Waals surface area contributed by atoms with Crippen LogP contribution in [0.25, 0.3) is 16.8 Å². The number of fused-ring (bicyclic) bond motifs is 1. The molecule has 2 amide bonds. The number of nitrogens with zero attached hydrogens (tertiary/aromatic N) is 1. The van der Waals surface area contributed by atoms with Crippen molar-refractivity contribution < 1.29 is 23.5 Å². The molecular weight excluding hydrogens is 525 g/mol. The largest absolute Gasteiger partial charge is 0.490 e. The van der Waals surface area contributed by atoms with Crippen LogP contribution >= 0.6 is 23.4 Å². The summed E-state index contributed by atoms with van der Waals surface area (Å²) in [6.45, 7) is 2.42. The third-order valence-electron chi connectivity index (χ3n) is 6.08. The van der Waals surface area contributed by atoms with E-state index < -0.39 is 17.0 Å². The van der Waals surface area contributed by atoms with E-state index in [1.807, 2.05) is 31.2 Å². The zero-order chi connectivity index (χ0) is 26.6. The van der Waals surface area contributed by atoms with Crippen LogP contribution in [0.3, 0.4) is 0 Å². The summed E-state index contributed by atoms with van der Waals surface area (Å²) in [5, 5.41) is 1.94. The Morgan fingerprint density at radius 3 is 2.55 bits per heavy atom. The SMILES string of the molecule is CCOc1cc(/C=C2/SC(=O)N(Cc3c(F)cccc3Cl)C2=O)ccc1OCc1cccc2ccccc12. The second-order valence-electron chi connectivity index (χ2n) is 8.53. The molecular formula is C30H23ClFNO4S. The second kappa shape index (κ2) is 11.3. The van der Waals surface area contributed by atoms with Gasteiger partial charge in [-0.25, -0.2) is 4.39 Å². The molecule has 0 spiro atoms. The topological polar surface area (TPSA) is 55.8 Å². The average molecular weight is 548 g/mol. The van der Waals surface area contributed by atoms with Crippen molar-refractivity contribution in [3.63, 3.8) is 0 Å². The van der Waals surface area contributed by atoms with E-state index in [1.165, 1.54) is 18.2 Å². The Morgan fingerprint density at radius 2 is 1.74 bits per heavy atom. The van der Waals surface area contributed by atoms with Crippen LogP contribution in [0.1, 0.15) is 23.6 Å². The first-order chi connectivity index (χ1) is 18.4. The monoisotopic (exact) mass is 547 g/mol. The molecule has 4 aromatic carbocycles. The molecule has 0 unspecified atom stereocenters. The number of carbonyl (C=O) groups excluding carboxylic acids is 2. The smallest absolute Gasteiger partial charge is 0.293 e. The lowest BCUT2D eigenvalue weighted by Crippen LogP contribution is -2.28. The Bertz CT molecular complexity index is 1550. The first-order valence-corrected chi connectivity index (χ1v) is 13.2. The minimum absolute atomic E-state index is 0.101. The minimum atomic E-state index is -0.569. The van der Waals surface area contributed by atoms with Crippen molar-refractivity contribution in [1.29, 1.82) is 0 Å². The van der Waals surface area contributed by atoms with Gasteiger partial charge in [-0.3, -0.25) is 14.5 Å². The molecule has 1 saturated heterocycles. The number of amides is 2. The normalized spacial score (nSPS) is 14.5. The van der Waals surface area contributed by atoms with E-state index in [1.54, 1.807) is 24.3 Å². The van der Waals surface area contributed by atoms with Gasteiger partial charge in [-0.1, -0.05) is 66.2 Å². The Balaban J connectivity index is 1.35. The molecule has 1 aliphatic heterocycles. The van der Waals surface area contributed by atoms with Crippen LogP contribution in [0.2, 0.25) is 5.02 Å². The van der Waals surface area contributed by atoms with Crippen molar-refractivity contribution in [3.8, 4) is 11.5 Å². The van der Waals surface area contributed by atoms with Crippen molar-refractivity contribution in [3.05, 3.63) is 111 Å². The van der Waals surface area contributed by atoms with Crippen LogP contribution in [0.4, 0.5) is 9.18 Å². The average Bonchev–Trinajstić information content (AvgIpc) is 3.17. The Kier molecular flexibility index (Phi) is 7.67. The van der Waals surface area contributed by atoms with E-state index in [0.29, 0.717) is 30.3 Å². The molecule has 1 heterocycles. The van der Waals surface area contributed by atoms with E-state index in [0.717, 1.165) is 33.0 Å². The van der Waals surface area contributed by atoms with Gasteiger partial charge in [0.05, 0.1) is 18.1 Å². The maximum atomic E-state index is 14.2. The molecule has 0 aromatic heterocycles. The van der Waals surface area contributed by atoms with E-state index in [4.69, 9.17) is 21.1 Å². The Labute approximate surface area is 228 Å². The number of halogens is 2. The molecule has 1 aliphatic rings. The quantitative estimate of drug-likeness (QED) is 0.210. The van der Waals surface area contributed by atoms with Crippen LogP contribution in [0.15, 0.2) is 83.8 Å². The predicted molar refractivity (Wildman–Crippen MR) is 149 cm³/mol. The minimum Gasteiger partial charge on any atom is -0.490 e. The van der Waals surface area contributed by atoms with Crippen LogP contribution in [0.5, 0.6) is 11.5 Å². The van der Waals surface area contributed by atoms with Gasteiger partial charge in [-0.15, -0.1) is 0 Å². The lowest BCUT2D eigenvalue weighted by molar-refractivity contribution is -0.123. The summed E-state index contributed by atoms with van der Waals surface area (Å²) in [5.41, 5.74) is 1.82. The van der Waals surface area contributed by atoms with Crippen LogP contribution in [-0.4, -0.2) is 22.7 Å². The standard InChI is InChI=1S/C30H23ClFNO4S/c1-2-36-27-15-19(13-14-26(27)37-18-21-9-5-8-20-7-3-4-10-22(20)21)16-28-29(34)33(30(35)38-28)17-23-24(31)11-6-12-25(23)32/h3-16H,2,17-18H2,1H3/b28-16+. The van der Waals surface area contributed by atoms with E-state index in [2.05, 4.69) is 18.2 Å². The fourth-order valence-corrected chi connectivity index (χ4v) is 5.27. The summed E-state index contributed by atoms with van der Waals surface area (Å²) >= 11 is 6.89. The third-order valence-corrected chi connectivity index (χ3v) is 7.34. The molecule has 4 aromatic rings. The van der Waals surface area contributed by atoms with Gasteiger partial charge in [-0.05, 0) is 70.9 Å². The molecule has 0 aliphatic carbocycles. The fourth-order valence-electron chi connectivity index (χ4n) is 4.21. The molecule has 38 heavy (non-hydrogen) atoms. The van der Waals surface area contributed by atoms with E-state index in [9.17, 15) is 14.0 Å². The number of hydrogen-bond donors (Lipinski definition) is 0. The molecule has 0 saturated carbocycles. The van der Waals surface area contributed by atoms with E-state index in [-0.39, 0.29) is 22.0 Å². The van der Waals surface area contributed by atoms with Gasteiger partial charge in [0.15, 0.2) is 11.5 Å². The summed E-state index contributed by atoms with van der Waals surface area (Å²) < 4.78 is 26.2. The van der Waals surface area contributed by atoms with E-state index >= 15 is 0 Å². The van der Waals surface area contributed by atoms with Gasteiger partial charge in [0.1, 0.15) is 12.4 Å². The van der Waals surface area contributed by atoms with Crippen molar-refractivity contribution >= 4 is 51.4 Å². The number of benzene rings is 4. The molecule has 5 rings (SSSR count). The summed E-state index contributed by atoms with van der Waals surface area (Å²) in [6.07, 6.45) is 1.62. The Hall–Kier alpha value is -3.81. The number of carbonyl (C=O) groups is 2. The van der Waals surface area contributed by atoms with Crippen molar-refractivity contribution in [1.82, 2.24) is 4.90 Å². The summed E-state index contributed by atoms with van der Waals surface area (Å²) in [7, 11) is 0. The van der Waals surface area contributed by atoms with Gasteiger partial charge >= 0.3 is 0 Å². The number of imide groups is 1. The first kappa shape index (κ1) is 25.8. The highest BCUT2D eigenvalue weighted by molar-refractivity contribution is 8.18. The highest BCUT2D eigenvalue weighted by Crippen LogP contribution is 2.36. The lowest BCUT2D eigenvalue weighted by atomic mass is 10.1. The van der Waals surface area contributed by atoms with Crippen LogP contribution in [0, 0.1) is 5.82 Å². The fraction of sp³-hybridized carbons (Fsp3) is 0.133. The summed E-state index contributed by atoms with van der Waals surface area (Å²) in [6, 6.07) is 23.8. The molecule has 1 fully saturated rings. The highest BCUT2D eigenvalue weighted by atomic mass is 35.5. The first-order valence-electron chi connectivity index (χ1n) is 12.0. The molecule has 0 bridgehead atoms. The van der Waals surface area contributed by atoms with Crippen molar-refractivity contribution in [2.75, 3.05) is 6.61 Å². The van der Waals surface area contributed by atoms with Gasteiger partial charge in [-0.2, -0.15) is 0 Å². The van der Waals surface area contributed by atoms with Gasteiger partial charge < -0.3 is 9.47 Å². The molecule has 5 nitrogen and oxygen atoms in total. The van der Waals surface area contributed by atoms with Crippen molar-refractivity contribution in [2.24, 2.45) is 0 Å². The molecule has 0 N–H and O–H groups in total. The van der Waals surface area contributed by atoms with Crippen molar-refractivity contribution in [2.45, 2.75) is 20.1 Å². The maximum absolute atomic E-state index is 14.2.